The summed E-state index contributed by atoms with van der Waals surface area (Å²) in [6.07, 6.45) is 5.75. The fourth-order valence-corrected chi connectivity index (χ4v) is 3.60. The van der Waals surface area contributed by atoms with Gasteiger partial charge in [-0.15, -0.1) is 0 Å². The lowest BCUT2D eigenvalue weighted by molar-refractivity contribution is 0.102. The lowest BCUT2D eigenvalue weighted by Gasteiger charge is -2.08. The van der Waals surface area contributed by atoms with Gasteiger partial charge in [0.15, 0.2) is 0 Å². The maximum absolute atomic E-state index is 12.9. The SMILES string of the molecule is Cn1cc(C(=O)Nc2cccc(OCc3cn4ccccc4n3)c2)c2ccccc21. The van der Waals surface area contributed by atoms with E-state index in [0.717, 1.165) is 22.2 Å². The first-order valence-electron chi connectivity index (χ1n) is 9.68. The van der Waals surface area contributed by atoms with Gasteiger partial charge in [0.1, 0.15) is 18.0 Å². The molecule has 0 fully saturated rings. The Labute approximate surface area is 173 Å². The van der Waals surface area contributed by atoms with Crippen molar-refractivity contribution in [2.24, 2.45) is 7.05 Å². The van der Waals surface area contributed by atoms with Crippen molar-refractivity contribution >= 4 is 28.1 Å². The molecule has 0 bridgehead atoms. The van der Waals surface area contributed by atoms with Crippen LogP contribution in [0.25, 0.3) is 16.6 Å². The minimum Gasteiger partial charge on any atom is -0.487 e. The number of aryl methyl sites for hydroxylation is 1. The number of carbonyl (C=O) groups is 1. The fraction of sp³-hybridized carbons (Fsp3) is 0.0833. The molecule has 1 amide bonds. The lowest BCUT2D eigenvalue weighted by Crippen LogP contribution is -2.11. The molecule has 5 rings (SSSR count). The first-order chi connectivity index (χ1) is 14.7. The Balaban J connectivity index is 1.31. The average Bonchev–Trinajstić information content (AvgIpc) is 3.34. The van der Waals surface area contributed by atoms with E-state index in [0.29, 0.717) is 23.6 Å². The number of aromatic nitrogens is 3. The molecule has 0 unspecified atom stereocenters. The number of benzene rings is 2. The summed E-state index contributed by atoms with van der Waals surface area (Å²) in [5.41, 5.74) is 4.07. The number of imidazole rings is 1. The van der Waals surface area contributed by atoms with Crippen molar-refractivity contribution in [3.63, 3.8) is 0 Å². The third-order valence-electron chi connectivity index (χ3n) is 5.03. The van der Waals surface area contributed by atoms with Crippen molar-refractivity contribution in [1.82, 2.24) is 14.0 Å². The summed E-state index contributed by atoms with van der Waals surface area (Å²) in [6, 6.07) is 21.1. The van der Waals surface area contributed by atoms with E-state index in [1.165, 1.54) is 0 Å². The second-order valence-electron chi connectivity index (χ2n) is 7.14. The van der Waals surface area contributed by atoms with Crippen LogP contribution >= 0.6 is 0 Å². The highest BCUT2D eigenvalue weighted by atomic mass is 16.5. The quantitative estimate of drug-likeness (QED) is 0.470. The molecule has 3 aromatic heterocycles. The molecule has 0 radical (unpaired) electrons. The third-order valence-corrected chi connectivity index (χ3v) is 5.03. The van der Waals surface area contributed by atoms with Crippen molar-refractivity contribution in [2.75, 3.05) is 5.32 Å². The van der Waals surface area contributed by atoms with Crippen LogP contribution in [0.4, 0.5) is 5.69 Å². The molecule has 6 nitrogen and oxygen atoms in total. The van der Waals surface area contributed by atoms with Gasteiger partial charge in [-0.3, -0.25) is 4.79 Å². The number of amides is 1. The topological polar surface area (TPSA) is 60.6 Å². The number of hydrogen-bond donors (Lipinski definition) is 1. The Bertz CT molecular complexity index is 1330. The van der Waals surface area contributed by atoms with E-state index in [1.54, 1.807) is 0 Å². The molecule has 0 saturated heterocycles. The highest BCUT2D eigenvalue weighted by molar-refractivity contribution is 6.13. The smallest absolute Gasteiger partial charge is 0.257 e. The molecule has 2 aromatic carbocycles. The molecule has 0 spiro atoms. The zero-order valence-corrected chi connectivity index (χ0v) is 16.4. The van der Waals surface area contributed by atoms with E-state index >= 15 is 0 Å². The first-order valence-corrected chi connectivity index (χ1v) is 9.68. The van der Waals surface area contributed by atoms with Crippen LogP contribution in [0.1, 0.15) is 16.1 Å². The molecule has 0 aliphatic rings. The first kappa shape index (κ1) is 18.0. The van der Waals surface area contributed by atoms with Crippen molar-refractivity contribution in [3.05, 3.63) is 96.6 Å². The zero-order chi connectivity index (χ0) is 20.5. The van der Waals surface area contributed by atoms with Crippen LogP contribution in [0.3, 0.4) is 0 Å². The third kappa shape index (κ3) is 3.39. The Morgan fingerprint density at radius 2 is 1.90 bits per heavy atom. The normalized spacial score (nSPS) is 11.1. The number of ether oxygens (including phenoxy) is 1. The molecule has 0 saturated carbocycles. The molecule has 0 atom stereocenters. The van der Waals surface area contributed by atoms with Crippen molar-refractivity contribution in [1.29, 1.82) is 0 Å². The van der Waals surface area contributed by atoms with Crippen LogP contribution in [-0.4, -0.2) is 19.9 Å². The van der Waals surface area contributed by atoms with Gasteiger partial charge in [-0.25, -0.2) is 4.98 Å². The molecule has 6 heteroatoms. The summed E-state index contributed by atoms with van der Waals surface area (Å²) in [5, 5.41) is 3.90. The maximum atomic E-state index is 12.9. The standard InChI is InChI=1S/C24H20N4O2/c1-27-15-21(20-9-2-3-10-22(20)27)24(29)26-17-7-6-8-19(13-17)30-16-18-14-28-12-5-4-11-23(28)25-18/h2-15H,16H2,1H3,(H,26,29). The predicted octanol–water partition coefficient (Wildman–Crippen LogP) is 4.66. The van der Waals surface area contributed by atoms with Gasteiger partial charge in [-0.2, -0.15) is 0 Å². The van der Waals surface area contributed by atoms with Gasteiger partial charge in [-0.1, -0.05) is 30.3 Å². The van der Waals surface area contributed by atoms with Gasteiger partial charge in [0.05, 0.1) is 11.3 Å². The summed E-state index contributed by atoms with van der Waals surface area (Å²) >= 11 is 0. The molecular formula is C24H20N4O2. The maximum Gasteiger partial charge on any atom is 0.257 e. The van der Waals surface area contributed by atoms with Gasteiger partial charge in [0.2, 0.25) is 0 Å². The number of nitrogens with one attached hydrogen (secondary N) is 1. The monoisotopic (exact) mass is 396 g/mol. The van der Waals surface area contributed by atoms with Crippen LogP contribution in [-0.2, 0) is 13.7 Å². The summed E-state index contributed by atoms with van der Waals surface area (Å²) in [5.74, 6) is 0.520. The molecule has 1 N–H and O–H groups in total. The van der Waals surface area contributed by atoms with E-state index in [2.05, 4.69) is 10.3 Å². The molecule has 5 aromatic rings. The van der Waals surface area contributed by atoms with Crippen LogP contribution < -0.4 is 10.1 Å². The van der Waals surface area contributed by atoms with Crippen LogP contribution in [0.2, 0.25) is 0 Å². The van der Waals surface area contributed by atoms with Crippen molar-refractivity contribution in [2.45, 2.75) is 6.61 Å². The predicted molar refractivity (Wildman–Crippen MR) is 117 cm³/mol. The Morgan fingerprint density at radius 3 is 2.80 bits per heavy atom. The summed E-state index contributed by atoms with van der Waals surface area (Å²) in [4.78, 5) is 17.4. The Hall–Kier alpha value is -4.06. The number of anilines is 1. The molecular weight excluding hydrogens is 376 g/mol. The number of hydrogen-bond acceptors (Lipinski definition) is 3. The largest absolute Gasteiger partial charge is 0.487 e. The second-order valence-corrected chi connectivity index (χ2v) is 7.14. The molecule has 0 aliphatic carbocycles. The van der Waals surface area contributed by atoms with Crippen LogP contribution in [0, 0.1) is 0 Å². The van der Waals surface area contributed by atoms with Gasteiger partial charge in [0.25, 0.3) is 5.91 Å². The number of rotatable bonds is 5. The van der Waals surface area contributed by atoms with E-state index in [9.17, 15) is 4.79 Å². The number of pyridine rings is 1. The number of carbonyl (C=O) groups excluding carboxylic acids is 1. The Morgan fingerprint density at radius 1 is 1.03 bits per heavy atom. The number of nitrogens with zero attached hydrogens (tertiary/aromatic N) is 3. The van der Waals surface area contributed by atoms with Gasteiger partial charge in [0, 0.05) is 48.3 Å². The highest BCUT2D eigenvalue weighted by Crippen LogP contribution is 2.23. The van der Waals surface area contributed by atoms with E-state index in [1.807, 2.05) is 101 Å². The average molecular weight is 396 g/mol. The van der Waals surface area contributed by atoms with Gasteiger partial charge in [-0.05, 0) is 30.3 Å². The lowest BCUT2D eigenvalue weighted by atomic mass is 10.1. The minimum atomic E-state index is -0.149. The number of para-hydroxylation sites is 1. The summed E-state index contributed by atoms with van der Waals surface area (Å²) in [7, 11) is 1.94. The van der Waals surface area contributed by atoms with Gasteiger partial charge >= 0.3 is 0 Å². The van der Waals surface area contributed by atoms with Gasteiger partial charge < -0.3 is 19.0 Å². The van der Waals surface area contributed by atoms with Crippen molar-refractivity contribution in [3.8, 4) is 5.75 Å². The van der Waals surface area contributed by atoms with E-state index in [-0.39, 0.29) is 5.91 Å². The molecule has 0 aliphatic heterocycles. The second kappa shape index (κ2) is 7.40. The fourth-order valence-electron chi connectivity index (χ4n) is 3.60. The summed E-state index contributed by atoms with van der Waals surface area (Å²) < 4.78 is 9.81. The number of fused-ring (bicyclic) bond motifs is 2. The molecule has 148 valence electrons. The van der Waals surface area contributed by atoms with Crippen LogP contribution in [0.15, 0.2) is 85.3 Å². The molecule has 30 heavy (non-hydrogen) atoms. The Kier molecular flexibility index (Phi) is 4.44. The van der Waals surface area contributed by atoms with Crippen molar-refractivity contribution < 1.29 is 9.53 Å². The van der Waals surface area contributed by atoms with E-state index < -0.39 is 0 Å². The van der Waals surface area contributed by atoms with Crippen LogP contribution in [0.5, 0.6) is 5.75 Å². The minimum absolute atomic E-state index is 0.149. The summed E-state index contributed by atoms with van der Waals surface area (Å²) in [6.45, 7) is 0.350. The zero-order valence-electron chi connectivity index (χ0n) is 16.4. The molecule has 3 heterocycles. The van der Waals surface area contributed by atoms with E-state index in [4.69, 9.17) is 4.74 Å². The highest BCUT2D eigenvalue weighted by Gasteiger charge is 2.14.